The normalized spacial score (nSPS) is 12.8. The predicted octanol–water partition coefficient (Wildman–Crippen LogP) is 1.24. The number of hydrogen-bond donors (Lipinski definition) is 2. The molecule has 11 heavy (non-hydrogen) atoms. The number of nitrogen functional groups attached to an aromatic ring is 1. The summed E-state index contributed by atoms with van der Waals surface area (Å²) in [6, 6.07) is 7.08. The van der Waals surface area contributed by atoms with Crippen molar-refractivity contribution in [3.63, 3.8) is 0 Å². The third kappa shape index (κ3) is 2.37. The van der Waals surface area contributed by atoms with E-state index in [9.17, 15) is 4.57 Å². The van der Waals surface area contributed by atoms with E-state index in [2.05, 4.69) is 0 Å². The summed E-state index contributed by atoms with van der Waals surface area (Å²) in [7, 11) is -2.44. The molecule has 0 radical (unpaired) electrons. The Kier molecular flexibility index (Phi) is 2.69. The highest BCUT2D eigenvalue weighted by molar-refractivity contribution is 7.37. The van der Waals surface area contributed by atoms with E-state index in [-0.39, 0.29) is 6.16 Å². The molecule has 0 aliphatic heterocycles. The summed E-state index contributed by atoms with van der Waals surface area (Å²) in [6.45, 7) is 0. The Morgan fingerprint density at radius 3 is 2.64 bits per heavy atom. The van der Waals surface area contributed by atoms with Crippen molar-refractivity contribution in [1.82, 2.24) is 0 Å². The zero-order valence-corrected chi connectivity index (χ0v) is 6.95. The average molecular weight is 171 g/mol. The Morgan fingerprint density at radius 1 is 1.45 bits per heavy atom. The number of nitrogens with two attached hydrogens (primary N) is 1. The highest BCUT2D eigenvalue weighted by atomic mass is 31.1. The van der Waals surface area contributed by atoms with Gasteiger partial charge in [-0.3, -0.25) is 4.57 Å². The topological polar surface area (TPSA) is 63.3 Å². The molecule has 4 heteroatoms. The molecule has 0 saturated heterocycles. The first-order chi connectivity index (χ1) is 5.20. The molecule has 0 saturated carbocycles. The van der Waals surface area contributed by atoms with E-state index in [0.29, 0.717) is 5.69 Å². The molecule has 0 aliphatic rings. The standard InChI is InChI=1S/C7H10NO2P/c8-7-4-2-1-3-6(7)5-11(9)10/h1-4,11H,5,8H2,(H,9,10). The maximum absolute atomic E-state index is 10.5. The smallest absolute Gasteiger partial charge is 0.193 e. The van der Waals surface area contributed by atoms with E-state index in [4.69, 9.17) is 10.6 Å². The Labute approximate surface area is 65.7 Å². The van der Waals surface area contributed by atoms with Crippen molar-refractivity contribution in [3.8, 4) is 0 Å². The van der Waals surface area contributed by atoms with Gasteiger partial charge in [-0.2, -0.15) is 0 Å². The molecule has 0 amide bonds. The fourth-order valence-electron chi connectivity index (χ4n) is 0.858. The minimum absolute atomic E-state index is 0.178. The third-order valence-electron chi connectivity index (χ3n) is 1.40. The Balaban J connectivity index is 2.86. The first-order valence-corrected chi connectivity index (χ1v) is 4.81. The third-order valence-corrected chi connectivity index (χ3v) is 2.08. The summed E-state index contributed by atoms with van der Waals surface area (Å²) in [6.07, 6.45) is 0.178. The molecular weight excluding hydrogens is 161 g/mol. The van der Waals surface area contributed by atoms with Crippen molar-refractivity contribution in [2.24, 2.45) is 0 Å². The van der Waals surface area contributed by atoms with Gasteiger partial charge >= 0.3 is 0 Å². The summed E-state index contributed by atoms with van der Waals surface area (Å²) >= 11 is 0. The average Bonchev–Trinajstić information content (AvgIpc) is 1.93. The molecule has 1 rings (SSSR count). The lowest BCUT2D eigenvalue weighted by atomic mass is 10.2. The Hall–Kier alpha value is -0.790. The van der Waals surface area contributed by atoms with Gasteiger partial charge < -0.3 is 10.6 Å². The maximum Gasteiger partial charge on any atom is 0.193 e. The van der Waals surface area contributed by atoms with Gasteiger partial charge in [0.2, 0.25) is 0 Å². The van der Waals surface area contributed by atoms with Crippen molar-refractivity contribution in [2.75, 3.05) is 5.73 Å². The van der Waals surface area contributed by atoms with Gasteiger partial charge in [0.15, 0.2) is 8.03 Å². The second-order valence-electron chi connectivity index (χ2n) is 2.27. The van der Waals surface area contributed by atoms with Crippen LogP contribution >= 0.6 is 8.03 Å². The molecule has 0 aromatic heterocycles. The van der Waals surface area contributed by atoms with Gasteiger partial charge in [0.25, 0.3) is 0 Å². The minimum atomic E-state index is -2.44. The summed E-state index contributed by atoms with van der Waals surface area (Å²) in [5.41, 5.74) is 6.87. The number of anilines is 1. The molecule has 0 aliphatic carbocycles. The van der Waals surface area contributed by atoms with Gasteiger partial charge in [-0.1, -0.05) is 18.2 Å². The van der Waals surface area contributed by atoms with Gasteiger partial charge in [-0.05, 0) is 11.6 Å². The molecule has 60 valence electrons. The van der Waals surface area contributed by atoms with Crippen LogP contribution in [-0.4, -0.2) is 4.89 Å². The summed E-state index contributed by atoms with van der Waals surface area (Å²) in [5, 5.41) is 0. The molecule has 0 bridgehead atoms. The van der Waals surface area contributed by atoms with Crippen LogP contribution in [0.4, 0.5) is 5.69 Å². The molecular formula is C7H10NO2P. The highest BCUT2D eigenvalue weighted by Crippen LogP contribution is 2.24. The largest absolute Gasteiger partial charge is 0.398 e. The van der Waals surface area contributed by atoms with Gasteiger partial charge in [-0.15, -0.1) is 0 Å². The van der Waals surface area contributed by atoms with Crippen LogP contribution in [0.1, 0.15) is 5.56 Å². The van der Waals surface area contributed by atoms with E-state index in [0.717, 1.165) is 5.56 Å². The number of para-hydroxylation sites is 1. The van der Waals surface area contributed by atoms with Crippen molar-refractivity contribution < 1.29 is 9.46 Å². The van der Waals surface area contributed by atoms with Crippen molar-refractivity contribution in [3.05, 3.63) is 29.8 Å². The second kappa shape index (κ2) is 3.56. The first kappa shape index (κ1) is 8.31. The zero-order valence-electron chi connectivity index (χ0n) is 5.95. The molecule has 0 fully saturated rings. The van der Waals surface area contributed by atoms with Gasteiger partial charge in [0.1, 0.15) is 0 Å². The minimum Gasteiger partial charge on any atom is -0.398 e. The summed E-state index contributed by atoms with van der Waals surface area (Å²) in [5.74, 6) is 0. The molecule has 3 N–H and O–H groups in total. The summed E-state index contributed by atoms with van der Waals surface area (Å²) in [4.78, 5) is 8.62. The lowest BCUT2D eigenvalue weighted by molar-refractivity contribution is 0.502. The fraction of sp³-hybridized carbons (Fsp3) is 0.143. The maximum atomic E-state index is 10.5. The van der Waals surface area contributed by atoms with Crippen LogP contribution in [0.15, 0.2) is 24.3 Å². The van der Waals surface area contributed by atoms with Gasteiger partial charge in [0, 0.05) is 11.8 Å². The summed E-state index contributed by atoms with van der Waals surface area (Å²) < 4.78 is 10.5. The molecule has 1 unspecified atom stereocenters. The van der Waals surface area contributed by atoms with Crippen LogP contribution in [-0.2, 0) is 10.7 Å². The number of hydrogen-bond acceptors (Lipinski definition) is 2. The van der Waals surface area contributed by atoms with Crippen molar-refractivity contribution >= 4 is 13.7 Å². The SMILES string of the molecule is Nc1ccccc1C[PH](=O)O. The molecule has 1 aromatic carbocycles. The van der Waals surface area contributed by atoms with Crippen LogP contribution in [0, 0.1) is 0 Å². The Bertz CT molecular complexity index is 275. The number of benzene rings is 1. The molecule has 3 nitrogen and oxygen atoms in total. The quantitative estimate of drug-likeness (QED) is 0.519. The molecule has 0 spiro atoms. The van der Waals surface area contributed by atoms with Crippen LogP contribution in [0.25, 0.3) is 0 Å². The monoisotopic (exact) mass is 171 g/mol. The Morgan fingerprint density at radius 2 is 2.09 bits per heavy atom. The predicted molar refractivity (Wildman–Crippen MR) is 45.8 cm³/mol. The van der Waals surface area contributed by atoms with Crippen LogP contribution in [0.3, 0.4) is 0 Å². The van der Waals surface area contributed by atoms with E-state index in [1.807, 2.05) is 0 Å². The van der Waals surface area contributed by atoms with Crippen LogP contribution < -0.4 is 5.73 Å². The van der Waals surface area contributed by atoms with Crippen LogP contribution in [0.2, 0.25) is 0 Å². The van der Waals surface area contributed by atoms with E-state index >= 15 is 0 Å². The lowest BCUT2D eigenvalue weighted by Gasteiger charge is -2.00. The fourth-order valence-corrected chi connectivity index (χ4v) is 1.51. The van der Waals surface area contributed by atoms with Crippen molar-refractivity contribution in [2.45, 2.75) is 6.16 Å². The molecule has 1 aromatic rings. The molecule has 1 atom stereocenters. The zero-order chi connectivity index (χ0) is 8.27. The van der Waals surface area contributed by atoms with E-state index < -0.39 is 8.03 Å². The first-order valence-electron chi connectivity index (χ1n) is 3.25. The van der Waals surface area contributed by atoms with Crippen molar-refractivity contribution in [1.29, 1.82) is 0 Å². The lowest BCUT2D eigenvalue weighted by Crippen LogP contribution is -1.90. The number of rotatable bonds is 2. The molecule has 0 heterocycles. The van der Waals surface area contributed by atoms with Crippen LogP contribution in [0.5, 0.6) is 0 Å². The van der Waals surface area contributed by atoms with Gasteiger partial charge in [-0.25, -0.2) is 0 Å². The van der Waals surface area contributed by atoms with E-state index in [1.54, 1.807) is 24.3 Å². The highest BCUT2D eigenvalue weighted by Gasteiger charge is 1.99. The second-order valence-corrected chi connectivity index (χ2v) is 3.41. The van der Waals surface area contributed by atoms with Gasteiger partial charge in [0.05, 0.1) is 0 Å². The van der Waals surface area contributed by atoms with E-state index in [1.165, 1.54) is 0 Å².